The predicted octanol–water partition coefficient (Wildman–Crippen LogP) is 3.87. The highest BCUT2D eigenvalue weighted by Gasteiger charge is 2.39. The molecule has 3 atom stereocenters. The largest absolute Gasteiger partial charge is 0.393 e. The molecule has 1 N–H and O–H groups in total. The molecule has 3 unspecified atom stereocenters. The molecule has 2 rings (SSSR count). The Balaban J connectivity index is 2.20. The second kappa shape index (κ2) is 4.32. The van der Waals surface area contributed by atoms with Crippen molar-refractivity contribution in [1.29, 1.82) is 0 Å². The van der Waals surface area contributed by atoms with E-state index < -0.39 is 0 Å². The van der Waals surface area contributed by atoms with Gasteiger partial charge < -0.3 is 5.11 Å². The second-order valence-electron chi connectivity index (χ2n) is 4.16. The van der Waals surface area contributed by atoms with E-state index in [0.717, 1.165) is 12.8 Å². The fraction of sp³-hybridized carbons (Fsp3) is 0.500. The summed E-state index contributed by atoms with van der Waals surface area (Å²) in [5.41, 5.74) is 1.20. The maximum atomic E-state index is 9.60. The maximum Gasteiger partial charge on any atom is 0.0595 e. The lowest BCUT2D eigenvalue weighted by Gasteiger charge is -2.41. The summed E-state index contributed by atoms with van der Waals surface area (Å²) in [6.45, 7) is 2.11. The minimum atomic E-state index is -0.144. The van der Waals surface area contributed by atoms with Crippen LogP contribution in [-0.4, -0.2) is 11.2 Å². The van der Waals surface area contributed by atoms with Gasteiger partial charge >= 0.3 is 0 Å². The fourth-order valence-corrected chi connectivity index (χ4v) is 2.67. The molecule has 0 saturated heterocycles. The molecule has 1 aromatic carbocycles. The number of halogens is 2. The first kappa shape index (κ1) is 11.3. The molecule has 0 heterocycles. The van der Waals surface area contributed by atoms with E-state index >= 15 is 0 Å². The van der Waals surface area contributed by atoms with Gasteiger partial charge in [-0.15, -0.1) is 0 Å². The SMILES string of the molecule is CCC1C(O)CC1c1ccc(Cl)c(Cl)c1. The van der Waals surface area contributed by atoms with Crippen LogP contribution in [0.25, 0.3) is 0 Å². The standard InChI is InChI=1S/C12H14Cl2O/c1-2-8-9(6-12(8)15)7-3-4-10(13)11(14)5-7/h3-5,8-9,12,15H,2,6H2,1H3. The van der Waals surface area contributed by atoms with Crippen LogP contribution in [0.4, 0.5) is 0 Å². The summed E-state index contributed by atoms with van der Waals surface area (Å²) in [4.78, 5) is 0. The van der Waals surface area contributed by atoms with Gasteiger partial charge in [0.15, 0.2) is 0 Å². The summed E-state index contributed by atoms with van der Waals surface area (Å²) in [5.74, 6) is 0.821. The van der Waals surface area contributed by atoms with Gasteiger partial charge in [0.1, 0.15) is 0 Å². The Morgan fingerprint density at radius 3 is 2.60 bits per heavy atom. The van der Waals surface area contributed by atoms with Gasteiger partial charge in [0, 0.05) is 0 Å². The van der Waals surface area contributed by atoms with Crippen molar-refractivity contribution in [2.75, 3.05) is 0 Å². The molecule has 3 heteroatoms. The van der Waals surface area contributed by atoms with Crippen LogP contribution in [0.3, 0.4) is 0 Å². The first-order valence-corrected chi connectivity index (χ1v) is 6.02. The van der Waals surface area contributed by atoms with Crippen molar-refractivity contribution < 1.29 is 5.11 Å². The van der Waals surface area contributed by atoms with E-state index in [1.807, 2.05) is 18.2 Å². The van der Waals surface area contributed by atoms with Crippen molar-refractivity contribution in [2.24, 2.45) is 5.92 Å². The number of aliphatic hydroxyl groups excluding tert-OH is 1. The van der Waals surface area contributed by atoms with Gasteiger partial charge in [-0.1, -0.05) is 42.6 Å². The molecule has 1 saturated carbocycles. The summed E-state index contributed by atoms with van der Waals surface area (Å²) in [7, 11) is 0. The van der Waals surface area contributed by atoms with E-state index in [4.69, 9.17) is 23.2 Å². The van der Waals surface area contributed by atoms with Crippen LogP contribution in [0, 0.1) is 5.92 Å². The normalized spacial score (nSPS) is 30.0. The van der Waals surface area contributed by atoms with Crippen LogP contribution in [0.5, 0.6) is 0 Å². The Hall–Kier alpha value is -0.240. The molecule has 0 amide bonds. The second-order valence-corrected chi connectivity index (χ2v) is 4.97. The molecule has 1 aromatic rings. The summed E-state index contributed by atoms with van der Waals surface area (Å²) in [5, 5.41) is 10.8. The van der Waals surface area contributed by atoms with E-state index in [1.165, 1.54) is 5.56 Å². The third-order valence-electron chi connectivity index (χ3n) is 3.35. The van der Waals surface area contributed by atoms with Crippen molar-refractivity contribution in [3.05, 3.63) is 33.8 Å². The monoisotopic (exact) mass is 244 g/mol. The number of benzene rings is 1. The van der Waals surface area contributed by atoms with Crippen LogP contribution in [0.15, 0.2) is 18.2 Å². The van der Waals surface area contributed by atoms with Crippen LogP contribution < -0.4 is 0 Å². The summed E-state index contributed by atoms with van der Waals surface area (Å²) in [6.07, 6.45) is 1.71. The minimum Gasteiger partial charge on any atom is -0.393 e. The summed E-state index contributed by atoms with van der Waals surface area (Å²) >= 11 is 11.8. The summed E-state index contributed by atoms with van der Waals surface area (Å²) < 4.78 is 0. The molecular formula is C12H14Cl2O. The number of hydrogen-bond acceptors (Lipinski definition) is 1. The van der Waals surface area contributed by atoms with Crippen LogP contribution in [-0.2, 0) is 0 Å². The lowest BCUT2D eigenvalue weighted by molar-refractivity contribution is -0.000721. The molecule has 1 nitrogen and oxygen atoms in total. The topological polar surface area (TPSA) is 20.2 Å². The lowest BCUT2D eigenvalue weighted by atomic mass is 9.66. The maximum absolute atomic E-state index is 9.60. The van der Waals surface area contributed by atoms with Crippen LogP contribution in [0.2, 0.25) is 10.0 Å². The van der Waals surface area contributed by atoms with E-state index in [-0.39, 0.29) is 6.10 Å². The van der Waals surface area contributed by atoms with Crippen LogP contribution >= 0.6 is 23.2 Å². The van der Waals surface area contributed by atoms with Gasteiger partial charge in [-0.25, -0.2) is 0 Å². The Morgan fingerprint density at radius 1 is 1.33 bits per heavy atom. The molecule has 1 fully saturated rings. The molecule has 0 bridgehead atoms. The molecule has 15 heavy (non-hydrogen) atoms. The van der Waals surface area contributed by atoms with Crippen molar-refractivity contribution in [1.82, 2.24) is 0 Å². The van der Waals surface area contributed by atoms with Gasteiger partial charge in [0.2, 0.25) is 0 Å². The average Bonchev–Trinajstić information content (AvgIpc) is 2.19. The Labute approximate surface area is 100 Å². The van der Waals surface area contributed by atoms with Crippen molar-refractivity contribution in [3.63, 3.8) is 0 Å². The Kier molecular flexibility index (Phi) is 3.24. The van der Waals surface area contributed by atoms with Crippen molar-refractivity contribution in [2.45, 2.75) is 31.8 Å². The van der Waals surface area contributed by atoms with E-state index in [9.17, 15) is 5.11 Å². The Morgan fingerprint density at radius 2 is 2.07 bits per heavy atom. The van der Waals surface area contributed by atoms with Crippen molar-refractivity contribution >= 4 is 23.2 Å². The first-order valence-electron chi connectivity index (χ1n) is 5.26. The molecule has 0 aromatic heterocycles. The third-order valence-corrected chi connectivity index (χ3v) is 4.09. The molecule has 1 aliphatic rings. The average molecular weight is 245 g/mol. The van der Waals surface area contributed by atoms with E-state index in [0.29, 0.717) is 21.9 Å². The molecule has 0 aliphatic heterocycles. The summed E-state index contributed by atoms with van der Waals surface area (Å²) in [6, 6.07) is 5.76. The molecule has 0 radical (unpaired) electrons. The van der Waals surface area contributed by atoms with E-state index in [1.54, 1.807) is 0 Å². The molecule has 0 spiro atoms. The quantitative estimate of drug-likeness (QED) is 0.838. The zero-order valence-corrected chi connectivity index (χ0v) is 10.1. The predicted molar refractivity (Wildman–Crippen MR) is 63.6 cm³/mol. The zero-order chi connectivity index (χ0) is 11.0. The van der Waals surface area contributed by atoms with Crippen LogP contribution in [0.1, 0.15) is 31.2 Å². The third kappa shape index (κ3) is 2.01. The lowest BCUT2D eigenvalue weighted by Crippen LogP contribution is -2.39. The van der Waals surface area contributed by atoms with Gasteiger partial charge in [-0.3, -0.25) is 0 Å². The highest BCUT2D eigenvalue weighted by atomic mass is 35.5. The van der Waals surface area contributed by atoms with Gasteiger partial charge in [0.25, 0.3) is 0 Å². The Bertz CT molecular complexity index is 365. The van der Waals surface area contributed by atoms with Crippen molar-refractivity contribution in [3.8, 4) is 0 Å². The van der Waals surface area contributed by atoms with E-state index in [2.05, 4.69) is 6.92 Å². The molecular weight excluding hydrogens is 231 g/mol. The minimum absolute atomic E-state index is 0.144. The molecule has 82 valence electrons. The number of aliphatic hydroxyl groups is 1. The number of rotatable bonds is 2. The fourth-order valence-electron chi connectivity index (χ4n) is 2.36. The highest BCUT2D eigenvalue weighted by Crippen LogP contribution is 2.45. The van der Waals surface area contributed by atoms with Gasteiger partial charge in [0.05, 0.1) is 16.1 Å². The van der Waals surface area contributed by atoms with Gasteiger partial charge in [-0.05, 0) is 36.0 Å². The van der Waals surface area contributed by atoms with Gasteiger partial charge in [-0.2, -0.15) is 0 Å². The highest BCUT2D eigenvalue weighted by molar-refractivity contribution is 6.42. The smallest absolute Gasteiger partial charge is 0.0595 e. The number of hydrogen-bond donors (Lipinski definition) is 1. The zero-order valence-electron chi connectivity index (χ0n) is 8.58. The first-order chi connectivity index (χ1) is 7.13. The molecule has 1 aliphatic carbocycles.